The number of nitrogens with one attached hydrogen (secondary N) is 1. The standard InChI is InChI=1S/C16H20N6O/c1-11-5-7-22(14(23)8-17-2)9-13(11)21(3)16-12-4-6-18-15(12)19-10-20-16/h4,6,10-11,13H,5,7-9H2,1,3H3,(H,18,19,20)/t11-,13+/m1/s1/i1D3,4D,8D2,9D2,10D. The summed E-state index contributed by atoms with van der Waals surface area (Å²) in [6.45, 7) is -1.85. The number of aromatic amines is 1. The monoisotopic (exact) mass is 321 g/mol. The lowest BCUT2D eigenvalue weighted by Gasteiger charge is -2.41. The van der Waals surface area contributed by atoms with Crippen LogP contribution in [-0.4, -0.2) is 58.4 Å². The Morgan fingerprint density at radius 2 is 2.65 bits per heavy atom. The van der Waals surface area contributed by atoms with E-state index in [0.717, 1.165) is 4.90 Å². The molecule has 2 aromatic rings. The number of amides is 1. The predicted molar refractivity (Wildman–Crippen MR) is 87.9 cm³/mol. The Morgan fingerprint density at radius 3 is 3.43 bits per heavy atom. The summed E-state index contributed by atoms with van der Waals surface area (Å²) in [6.07, 6.45) is 0.668. The molecule has 3 rings (SSSR count). The molecule has 120 valence electrons. The number of likely N-dealkylation sites (tertiary alicyclic amines) is 1. The molecule has 7 nitrogen and oxygen atoms in total. The third-order valence-corrected chi connectivity index (χ3v) is 3.68. The second-order valence-corrected chi connectivity index (χ2v) is 5.06. The number of carbonyl (C=O) groups excluding carboxylic acids is 1. The highest BCUT2D eigenvalue weighted by molar-refractivity contribution is 5.87. The van der Waals surface area contributed by atoms with Gasteiger partial charge in [0.1, 0.15) is 21.9 Å². The molecule has 3 heterocycles. The molecule has 0 unspecified atom stereocenters. The first-order valence-electron chi connectivity index (χ1n) is 11.4. The van der Waals surface area contributed by atoms with Crippen molar-refractivity contribution in [2.45, 2.75) is 19.3 Å². The van der Waals surface area contributed by atoms with E-state index in [1.54, 1.807) is 0 Å². The topological polar surface area (TPSA) is 69.5 Å². The quantitative estimate of drug-likeness (QED) is 0.871. The summed E-state index contributed by atoms with van der Waals surface area (Å²) in [5.74, 6) is -2.77. The number of likely N-dealkylation sites (N-methyl/N-ethyl adjacent to an activating group) is 1. The van der Waals surface area contributed by atoms with E-state index in [1.165, 1.54) is 13.2 Å². The summed E-state index contributed by atoms with van der Waals surface area (Å²) in [7, 11) is 1.34. The second kappa shape index (κ2) is 6.24. The van der Waals surface area contributed by atoms with Crippen LogP contribution in [0, 0.1) is 12.5 Å². The molecule has 1 N–H and O–H groups in total. The van der Waals surface area contributed by atoms with Crippen molar-refractivity contribution in [2.24, 2.45) is 5.92 Å². The second-order valence-electron chi connectivity index (χ2n) is 5.06. The highest BCUT2D eigenvalue weighted by Gasteiger charge is 2.33. The zero-order chi connectivity index (χ0) is 24.2. The summed E-state index contributed by atoms with van der Waals surface area (Å²) in [6, 6.07) is -1.61. The molecular formula is C16H20N6O. The molecule has 0 aliphatic carbocycles. The van der Waals surface area contributed by atoms with Crippen LogP contribution in [0.4, 0.5) is 5.82 Å². The van der Waals surface area contributed by atoms with Gasteiger partial charge in [0.2, 0.25) is 0 Å². The summed E-state index contributed by atoms with van der Waals surface area (Å²) in [5, 5.41) is 0.142. The zero-order valence-corrected chi connectivity index (χ0v) is 12.3. The van der Waals surface area contributed by atoms with Crippen LogP contribution < -0.4 is 4.90 Å². The van der Waals surface area contributed by atoms with E-state index in [9.17, 15) is 4.79 Å². The molecule has 1 aliphatic rings. The number of fused-ring (bicyclic) bond motifs is 1. The fourth-order valence-corrected chi connectivity index (χ4v) is 2.51. The molecule has 0 aromatic carbocycles. The van der Waals surface area contributed by atoms with Crippen molar-refractivity contribution in [1.82, 2.24) is 19.9 Å². The van der Waals surface area contributed by atoms with Gasteiger partial charge in [-0.25, -0.2) is 16.5 Å². The van der Waals surface area contributed by atoms with E-state index < -0.39 is 50.6 Å². The molecule has 0 bridgehead atoms. The number of piperidine rings is 1. The number of rotatable bonds is 3. The maximum Gasteiger partial charge on any atom is 0.302 e. The maximum atomic E-state index is 12.7. The van der Waals surface area contributed by atoms with E-state index in [4.69, 9.17) is 18.9 Å². The van der Waals surface area contributed by atoms with Crippen molar-refractivity contribution in [2.75, 3.05) is 31.5 Å². The van der Waals surface area contributed by atoms with Crippen LogP contribution in [-0.2, 0) is 4.79 Å². The molecular weight excluding hydrogens is 292 g/mol. The molecule has 0 saturated carbocycles. The van der Waals surface area contributed by atoms with Crippen molar-refractivity contribution in [3.05, 3.63) is 30.0 Å². The van der Waals surface area contributed by atoms with Crippen molar-refractivity contribution >= 4 is 22.8 Å². The van der Waals surface area contributed by atoms with Gasteiger partial charge in [0.05, 0.1) is 15.5 Å². The number of hydrogen-bond acceptors (Lipinski definition) is 4. The number of aromatic nitrogens is 3. The van der Waals surface area contributed by atoms with Crippen LogP contribution in [0.5, 0.6) is 0 Å². The van der Waals surface area contributed by atoms with Gasteiger partial charge in [0.15, 0.2) is 0 Å². The number of anilines is 1. The summed E-state index contributed by atoms with van der Waals surface area (Å²) in [4.78, 5) is 27.6. The van der Waals surface area contributed by atoms with Gasteiger partial charge in [-0.05, 0) is 18.4 Å². The van der Waals surface area contributed by atoms with Crippen molar-refractivity contribution in [1.29, 1.82) is 0 Å². The van der Waals surface area contributed by atoms with Gasteiger partial charge < -0.3 is 19.6 Å². The highest BCUT2D eigenvalue weighted by Crippen LogP contribution is 2.28. The smallest absolute Gasteiger partial charge is 0.302 e. The summed E-state index contributed by atoms with van der Waals surface area (Å²) >= 11 is 0. The normalized spacial score (nSPS) is 30.3. The minimum Gasteiger partial charge on any atom is -0.354 e. The molecule has 1 aliphatic heterocycles. The van der Waals surface area contributed by atoms with Gasteiger partial charge in [0, 0.05) is 30.4 Å². The van der Waals surface area contributed by atoms with Crippen LogP contribution in [0.2, 0.25) is 0 Å². The summed E-state index contributed by atoms with van der Waals surface area (Å²) < 4.78 is 72.3. The Balaban J connectivity index is 2.18. The van der Waals surface area contributed by atoms with E-state index in [1.807, 2.05) is 0 Å². The lowest BCUT2D eigenvalue weighted by molar-refractivity contribution is -0.130. The lowest BCUT2D eigenvalue weighted by Crippen LogP contribution is -2.53. The maximum absolute atomic E-state index is 12.7. The first-order valence-corrected chi connectivity index (χ1v) is 6.88. The Bertz CT molecular complexity index is 1090. The molecule has 1 saturated heterocycles. The van der Waals surface area contributed by atoms with Crippen molar-refractivity contribution < 1.29 is 17.1 Å². The van der Waals surface area contributed by atoms with Crippen LogP contribution in [0.15, 0.2) is 18.5 Å². The van der Waals surface area contributed by atoms with Crippen LogP contribution >= 0.6 is 0 Å². The van der Waals surface area contributed by atoms with Crippen LogP contribution in [0.25, 0.3) is 15.9 Å². The first kappa shape index (κ1) is 7.77. The molecule has 0 radical (unpaired) electrons. The van der Waals surface area contributed by atoms with E-state index in [-0.39, 0.29) is 29.3 Å². The van der Waals surface area contributed by atoms with Crippen molar-refractivity contribution in [3.8, 4) is 0 Å². The zero-order valence-electron chi connectivity index (χ0n) is 21.3. The fourth-order valence-electron chi connectivity index (χ4n) is 2.51. The number of H-pyrrole nitrogens is 1. The van der Waals surface area contributed by atoms with E-state index in [0.29, 0.717) is 4.90 Å². The molecule has 23 heavy (non-hydrogen) atoms. The van der Waals surface area contributed by atoms with Gasteiger partial charge in [0.25, 0.3) is 6.50 Å². The summed E-state index contributed by atoms with van der Waals surface area (Å²) in [5.41, 5.74) is 0.135. The van der Waals surface area contributed by atoms with Gasteiger partial charge in [-0.3, -0.25) is 4.79 Å². The molecule has 1 amide bonds. The van der Waals surface area contributed by atoms with E-state index >= 15 is 0 Å². The Kier molecular flexibility index (Phi) is 2.11. The van der Waals surface area contributed by atoms with E-state index in [2.05, 4.69) is 19.8 Å². The minimum absolute atomic E-state index is 0.0547. The average molecular weight is 321 g/mol. The third kappa shape index (κ3) is 2.84. The lowest BCUT2D eigenvalue weighted by atomic mass is 9.92. The molecule has 2 atom stereocenters. The number of nitrogens with zero attached hydrogens (tertiary/aromatic N) is 5. The van der Waals surface area contributed by atoms with Gasteiger partial charge >= 0.3 is 5.91 Å². The first-order chi connectivity index (χ1) is 14.6. The average Bonchev–Trinajstić information content (AvgIpc) is 3.05. The minimum atomic E-state index is -3.02. The van der Waals surface area contributed by atoms with Gasteiger partial charge in [-0.2, -0.15) is 0 Å². The Morgan fingerprint density at radius 1 is 1.78 bits per heavy atom. The SMILES string of the molecule is [2H]c1nc(N(C)[C@@H]2[C@H](C([2H])([2H])[2H])CCN(C(=O)C([2H])([2H])[N+]#[C-])C2([2H])[2H])c2c([2H])c[nH]c2n1. The van der Waals surface area contributed by atoms with Crippen molar-refractivity contribution in [3.63, 3.8) is 0 Å². The molecule has 2 aromatic heterocycles. The Labute approximate surface area is 147 Å². The molecule has 1 fully saturated rings. The van der Waals surface area contributed by atoms with Crippen LogP contribution in [0.1, 0.15) is 25.6 Å². The Hall–Kier alpha value is -2.62. The highest BCUT2D eigenvalue weighted by atomic mass is 16.2. The largest absolute Gasteiger partial charge is 0.354 e. The van der Waals surface area contributed by atoms with Gasteiger partial charge in [-0.1, -0.05) is 6.85 Å². The third-order valence-electron chi connectivity index (χ3n) is 3.68. The van der Waals surface area contributed by atoms with Crippen LogP contribution in [0.3, 0.4) is 0 Å². The molecule has 7 heteroatoms. The number of hydrogen-bond donors (Lipinski definition) is 1. The fraction of sp³-hybridized carbons (Fsp3) is 0.500. The predicted octanol–water partition coefficient (Wildman–Crippen LogP) is 1.55. The van der Waals surface area contributed by atoms with Gasteiger partial charge in [-0.15, -0.1) is 0 Å². The number of carbonyl (C=O) groups is 1. The molecule has 0 spiro atoms.